The van der Waals surface area contributed by atoms with Crippen molar-refractivity contribution in [3.05, 3.63) is 41.2 Å². The number of aliphatic carboxylic acids is 1. The largest absolute Gasteiger partial charge is 0.481 e. The zero-order chi connectivity index (χ0) is 14.5. The van der Waals surface area contributed by atoms with Gasteiger partial charge in [-0.2, -0.15) is 0 Å². The van der Waals surface area contributed by atoms with Crippen molar-refractivity contribution in [3.8, 4) is 0 Å². The molecule has 0 saturated carbocycles. The van der Waals surface area contributed by atoms with E-state index in [9.17, 15) is 4.79 Å². The molecular weight excluding hydrogens is 258 g/mol. The molecule has 2 rings (SSSR count). The number of nitrogens with zero attached hydrogens (tertiary/aromatic N) is 3. The van der Waals surface area contributed by atoms with Crippen molar-refractivity contribution in [2.24, 2.45) is 0 Å². The third-order valence-electron chi connectivity index (χ3n) is 3.14. The Kier molecular flexibility index (Phi) is 4.34. The van der Waals surface area contributed by atoms with Crippen molar-refractivity contribution in [3.63, 3.8) is 0 Å². The Labute approximate surface area is 117 Å². The summed E-state index contributed by atoms with van der Waals surface area (Å²) in [6.45, 7) is 4.70. The third-order valence-corrected chi connectivity index (χ3v) is 3.14. The Bertz CT molecular complexity index is 595. The van der Waals surface area contributed by atoms with E-state index in [1.165, 1.54) is 0 Å². The zero-order valence-corrected chi connectivity index (χ0v) is 11.5. The molecule has 106 valence electrons. The zero-order valence-electron chi connectivity index (χ0n) is 11.5. The van der Waals surface area contributed by atoms with Crippen molar-refractivity contribution in [2.75, 3.05) is 11.4 Å². The van der Waals surface area contributed by atoms with Crippen LogP contribution in [0.3, 0.4) is 0 Å². The summed E-state index contributed by atoms with van der Waals surface area (Å²) >= 11 is 0. The summed E-state index contributed by atoms with van der Waals surface area (Å²) in [7, 11) is 0. The molecule has 1 heterocycles. The van der Waals surface area contributed by atoms with Gasteiger partial charge in [0.1, 0.15) is 11.4 Å². The van der Waals surface area contributed by atoms with Crippen LogP contribution in [0.1, 0.15) is 23.4 Å². The minimum absolute atomic E-state index is 0.0681. The van der Waals surface area contributed by atoms with E-state index in [1.54, 1.807) is 0 Å². The normalized spacial score (nSPS) is 10.5. The molecule has 2 aromatic rings. The summed E-state index contributed by atoms with van der Waals surface area (Å²) in [6.07, 6.45) is 0.0681. The Hall–Kier alpha value is -2.37. The van der Waals surface area contributed by atoms with Crippen molar-refractivity contribution in [1.82, 2.24) is 10.3 Å². The summed E-state index contributed by atoms with van der Waals surface area (Å²) in [5.41, 5.74) is 3.53. The van der Waals surface area contributed by atoms with E-state index in [2.05, 4.69) is 10.3 Å². The van der Waals surface area contributed by atoms with Crippen LogP contribution in [-0.2, 0) is 11.3 Å². The van der Waals surface area contributed by atoms with Gasteiger partial charge >= 0.3 is 5.97 Å². The van der Waals surface area contributed by atoms with Gasteiger partial charge in [-0.1, -0.05) is 28.5 Å². The lowest BCUT2D eigenvalue weighted by Gasteiger charge is -2.25. The first-order chi connectivity index (χ1) is 9.58. The highest BCUT2D eigenvalue weighted by Crippen LogP contribution is 2.22. The SMILES string of the molecule is Cc1ccccc1N(CCC(=O)O)Cc1nonc1C. The summed E-state index contributed by atoms with van der Waals surface area (Å²) in [6, 6.07) is 7.86. The molecule has 1 aromatic heterocycles. The van der Waals surface area contributed by atoms with Crippen molar-refractivity contribution in [1.29, 1.82) is 0 Å². The summed E-state index contributed by atoms with van der Waals surface area (Å²) in [4.78, 5) is 12.8. The molecular formula is C14H17N3O3. The first-order valence-electron chi connectivity index (χ1n) is 6.38. The Morgan fingerprint density at radius 2 is 2.05 bits per heavy atom. The topological polar surface area (TPSA) is 79.5 Å². The third kappa shape index (κ3) is 3.34. The number of carboxylic acid groups (broad SMARTS) is 1. The second kappa shape index (κ2) is 6.18. The summed E-state index contributed by atoms with van der Waals surface area (Å²) in [5, 5.41) is 16.5. The van der Waals surface area contributed by atoms with Crippen LogP contribution in [0.2, 0.25) is 0 Å². The number of aromatic nitrogens is 2. The first-order valence-corrected chi connectivity index (χ1v) is 6.38. The van der Waals surface area contributed by atoms with Gasteiger partial charge in [-0.05, 0) is 25.5 Å². The number of benzene rings is 1. The quantitative estimate of drug-likeness (QED) is 0.870. The number of hydrogen-bond acceptors (Lipinski definition) is 5. The van der Waals surface area contributed by atoms with Gasteiger partial charge in [-0.3, -0.25) is 4.79 Å². The number of anilines is 1. The summed E-state index contributed by atoms with van der Waals surface area (Å²) in [5.74, 6) is -0.821. The monoisotopic (exact) mass is 275 g/mol. The van der Waals surface area contributed by atoms with Gasteiger partial charge in [0.15, 0.2) is 0 Å². The van der Waals surface area contributed by atoms with Crippen LogP contribution < -0.4 is 4.90 Å². The van der Waals surface area contributed by atoms with Gasteiger partial charge in [-0.15, -0.1) is 0 Å². The average molecular weight is 275 g/mol. The fourth-order valence-electron chi connectivity index (χ4n) is 2.01. The first kappa shape index (κ1) is 14.0. The fraction of sp³-hybridized carbons (Fsp3) is 0.357. The number of para-hydroxylation sites is 1. The maximum atomic E-state index is 10.8. The molecule has 0 saturated heterocycles. The fourth-order valence-corrected chi connectivity index (χ4v) is 2.01. The molecule has 0 unspecified atom stereocenters. The van der Waals surface area contributed by atoms with Gasteiger partial charge in [0.25, 0.3) is 0 Å². The van der Waals surface area contributed by atoms with E-state index < -0.39 is 5.97 Å². The van der Waals surface area contributed by atoms with Gasteiger partial charge in [0.05, 0.1) is 13.0 Å². The molecule has 0 amide bonds. The van der Waals surface area contributed by atoms with E-state index in [0.717, 1.165) is 22.6 Å². The maximum absolute atomic E-state index is 10.8. The molecule has 6 nitrogen and oxygen atoms in total. The van der Waals surface area contributed by atoms with Gasteiger partial charge in [0.2, 0.25) is 0 Å². The number of rotatable bonds is 6. The average Bonchev–Trinajstić information content (AvgIpc) is 2.81. The smallest absolute Gasteiger partial charge is 0.305 e. The lowest BCUT2D eigenvalue weighted by Crippen LogP contribution is -2.26. The highest BCUT2D eigenvalue weighted by atomic mass is 16.6. The van der Waals surface area contributed by atoms with E-state index >= 15 is 0 Å². The molecule has 0 aliphatic carbocycles. The van der Waals surface area contributed by atoms with E-state index in [-0.39, 0.29) is 6.42 Å². The van der Waals surface area contributed by atoms with Crippen LogP contribution in [-0.4, -0.2) is 27.9 Å². The molecule has 0 aliphatic rings. The minimum Gasteiger partial charge on any atom is -0.481 e. The molecule has 0 bridgehead atoms. The maximum Gasteiger partial charge on any atom is 0.305 e. The van der Waals surface area contributed by atoms with Crippen LogP contribution in [0.4, 0.5) is 5.69 Å². The minimum atomic E-state index is -0.821. The predicted molar refractivity (Wildman–Crippen MR) is 73.5 cm³/mol. The van der Waals surface area contributed by atoms with E-state index in [4.69, 9.17) is 9.74 Å². The molecule has 0 radical (unpaired) electrons. The van der Waals surface area contributed by atoms with Crippen LogP contribution in [0.25, 0.3) is 0 Å². The lowest BCUT2D eigenvalue weighted by molar-refractivity contribution is -0.136. The lowest BCUT2D eigenvalue weighted by atomic mass is 10.1. The second-order valence-electron chi connectivity index (χ2n) is 4.65. The Balaban J connectivity index is 2.23. The van der Waals surface area contributed by atoms with Crippen LogP contribution in [0, 0.1) is 13.8 Å². The van der Waals surface area contributed by atoms with E-state index in [0.29, 0.717) is 13.1 Å². The number of carbonyl (C=O) groups is 1. The Morgan fingerprint density at radius 1 is 1.30 bits per heavy atom. The van der Waals surface area contributed by atoms with Crippen LogP contribution >= 0.6 is 0 Å². The number of hydrogen-bond donors (Lipinski definition) is 1. The summed E-state index contributed by atoms with van der Waals surface area (Å²) < 4.78 is 4.69. The van der Waals surface area contributed by atoms with Crippen LogP contribution in [0.5, 0.6) is 0 Å². The van der Waals surface area contributed by atoms with E-state index in [1.807, 2.05) is 43.0 Å². The highest BCUT2D eigenvalue weighted by Gasteiger charge is 2.15. The molecule has 20 heavy (non-hydrogen) atoms. The predicted octanol–water partition coefficient (Wildman–Crippen LogP) is 2.17. The van der Waals surface area contributed by atoms with Gasteiger partial charge < -0.3 is 10.0 Å². The van der Waals surface area contributed by atoms with Gasteiger partial charge in [-0.25, -0.2) is 4.63 Å². The van der Waals surface area contributed by atoms with Crippen LogP contribution in [0.15, 0.2) is 28.9 Å². The second-order valence-corrected chi connectivity index (χ2v) is 4.65. The number of aryl methyl sites for hydroxylation is 2. The molecule has 6 heteroatoms. The Morgan fingerprint density at radius 3 is 2.65 bits per heavy atom. The molecule has 0 aliphatic heterocycles. The van der Waals surface area contributed by atoms with Crippen molar-refractivity contribution >= 4 is 11.7 Å². The standard InChI is InChI=1S/C14H17N3O3/c1-10-5-3-4-6-13(10)17(8-7-14(18)19)9-12-11(2)15-20-16-12/h3-6H,7-9H2,1-2H3,(H,18,19). The highest BCUT2D eigenvalue weighted by molar-refractivity contribution is 5.68. The molecule has 1 aromatic carbocycles. The molecule has 0 atom stereocenters. The molecule has 1 N–H and O–H groups in total. The molecule has 0 fully saturated rings. The van der Waals surface area contributed by atoms with Gasteiger partial charge in [0, 0.05) is 12.2 Å². The van der Waals surface area contributed by atoms with Crippen molar-refractivity contribution in [2.45, 2.75) is 26.8 Å². The molecule has 0 spiro atoms. The van der Waals surface area contributed by atoms with Crippen molar-refractivity contribution < 1.29 is 14.5 Å². The number of carboxylic acids is 1.